The molecule has 1 aromatic rings. The van der Waals surface area contributed by atoms with Crippen LogP contribution in [0.25, 0.3) is 0 Å². The predicted octanol–water partition coefficient (Wildman–Crippen LogP) is 0.934. The molecule has 19 heavy (non-hydrogen) atoms. The summed E-state index contributed by atoms with van der Waals surface area (Å²) in [6.45, 7) is 1.68. The summed E-state index contributed by atoms with van der Waals surface area (Å²) in [5, 5.41) is 0. The average molecular weight is 261 g/mol. The maximum absolute atomic E-state index is 12.6. The summed E-state index contributed by atoms with van der Waals surface area (Å²) >= 11 is 0. The molecule has 2 heterocycles. The first kappa shape index (κ1) is 12.6. The molecule has 2 N–H and O–H groups in total. The van der Waals surface area contributed by atoms with Crippen molar-refractivity contribution in [3.63, 3.8) is 0 Å². The Bertz CT molecular complexity index is 478. The van der Waals surface area contributed by atoms with Crippen LogP contribution >= 0.6 is 0 Å². The van der Waals surface area contributed by atoms with E-state index in [4.69, 9.17) is 10.5 Å². The molecular formula is C14H19N3O2. The second-order valence-electron chi connectivity index (χ2n) is 5.15. The molecule has 5 heteroatoms. The van der Waals surface area contributed by atoms with Gasteiger partial charge in [0.2, 0.25) is 0 Å². The highest BCUT2D eigenvalue weighted by atomic mass is 16.5. The van der Waals surface area contributed by atoms with Crippen molar-refractivity contribution in [2.75, 3.05) is 13.2 Å². The summed E-state index contributed by atoms with van der Waals surface area (Å²) in [5.41, 5.74) is 7.01. The molecule has 1 aliphatic heterocycles. The number of fused-ring (bicyclic) bond motifs is 1. The van der Waals surface area contributed by atoms with Gasteiger partial charge in [-0.3, -0.25) is 9.78 Å². The van der Waals surface area contributed by atoms with Crippen LogP contribution < -0.4 is 5.73 Å². The fourth-order valence-corrected chi connectivity index (χ4v) is 3.07. The zero-order valence-electron chi connectivity index (χ0n) is 10.9. The Hall–Kier alpha value is -1.46. The van der Waals surface area contributed by atoms with E-state index in [0.29, 0.717) is 25.3 Å². The molecule has 1 aliphatic carbocycles. The second kappa shape index (κ2) is 5.27. The smallest absolute Gasteiger partial charge is 0.254 e. The quantitative estimate of drug-likeness (QED) is 0.860. The molecule has 2 unspecified atom stereocenters. The Balaban J connectivity index is 1.82. The van der Waals surface area contributed by atoms with Crippen molar-refractivity contribution in [3.8, 4) is 0 Å². The SMILES string of the molecule is NCc1cc(C(=O)N2CCOC3CCCC32)ccn1. The minimum Gasteiger partial charge on any atom is -0.374 e. The lowest BCUT2D eigenvalue weighted by Gasteiger charge is -2.37. The minimum absolute atomic E-state index is 0.0808. The third kappa shape index (κ3) is 2.35. The molecular weight excluding hydrogens is 242 g/mol. The van der Waals surface area contributed by atoms with Gasteiger partial charge in [-0.2, -0.15) is 0 Å². The van der Waals surface area contributed by atoms with E-state index in [1.54, 1.807) is 18.3 Å². The molecule has 0 radical (unpaired) electrons. The van der Waals surface area contributed by atoms with Crippen LogP contribution in [0.15, 0.2) is 18.3 Å². The molecule has 2 fully saturated rings. The van der Waals surface area contributed by atoms with Crippen LogP contribution in [-0.2, 0) is 11.3 Å². The van der Waals surface area contributed by atoms with E-state index in [2.05, 4.69) is 4.98 Å². The summed E-state index contributed by atoms with van der Waals surface area (Å²) < 4.78 is 5.74. The molecule has 1 saturated heterocycles. The number of rotatable bonds is 2. The minimum atomic E-state index is 0.0808. The molecule has 102 valence electrons. The van der Waals surface area contributed by atoms with Gasteiger partial charge in [0, 0.05) is 24.8 Å². The van der Waals surface area contributed by atoms with Crippen LogP contribution in [0.2, 0.25) is 0 Å². The van der Waals surface area contributed by atoms with Crippen LogP contribution in [0.4, 0.5) is 0 Å². The van der Waals surface area contributed by atoms with Crippen LogP contribution in [0, 0.1) is 0 Å². The number of nitrogens with zero attached hydrogens (tertiary/aromatic N) is 2. The highest BCUT2D eigenvalue weighted by molar-refractivity contribution is 5.94. The zero-order valence-corrected chi connectivity index (χ0v) is 10.9. The van der Waals surface area contributed by atoms with Crippen LogP contribution in [0.3, 0.4) is 0 Å². The standard InChI is InChI=1S/C14H19N3O2/c15-9-11-8-10(4-5-16-11)14(18)17-6-7-19-13-3-1-2-12(13)17/h4-5,8,12-13H,1-3,6-7,9,15H2. The fraction of sp³-hybridized carbons (Fsp3) is 0.571. The summed E-state index contributed by atoms with van der Waals surface area (Å²) in [7, 11) is 0. The van der Waals surface area contributed by atoms with E-state index < -0.39 is 0 Å². The molecule has 5 nitrogen and oxygen atoms in total. The van der Waals surface area contributed by atoms with Gasteiger partial charge in [-0.15, -0.1) is 0 Å². The Morgan fingerprint density at radius 2 is 2.42 bits per heavy atom. The Morgan fingerprint density at radius 1 is 1.53 bits per heavy atom. The number of nitrogens with two attached hydrogens (primary N) is 1. The number of carbonyl (C=O) groups is 1. The molecule has 0 aromatic carbocycles. The van der Waals surface area contributed by atoms with E-state index in [-0.39, 0.29) is 18.1 Å². The summed E-state index contributed by atoms with van der Waals surface area (Å²) in [6.07, 6.45) is 5.14. The van der Waals surface area contributed by atoms with Gasteiger partial charge in [-0.1, -0.05) is 0 Å². The van der Waals surface area contributed by atoms with Crippen LogP contribution in [0.1, 0.15) is 35.3 Å². The van der Waals surface area contributed by atoms with Crippen molar-refractivity contribution in [2.24, 2.45) is 5.73 Å². The van der Waals surface area contributed by atoms with E-state index in [0.717, 1.165) is 25.0 Å². The average Bonchev–Trinajstić information content (AvgIpc) is 2.95. The van der Waals surface area contributed by atoms with Gasteiger partial charge in [0.1, 0.15) is 0 Å². The largest absolute Gasteiger partial charge is 0.374 e. The summed E-state index contributed by atoms with van der Waals surface area (Å²) in [5.74, 6) is 0.0808. The lowest BCUT2D eigenvalue weighted by molar-refractivity contribution is -0.0445. The highest BCUT2D eigenvalue weighted by Gasteiger charge is 2.38. The van der Waals surface area contributed by atoms with Crippen molar-refractivity contribution in [1.82, 2.24) is 9.88 Å². The van der Waals surface area contributed by atoms with Gasteiger partial charge in [-0.05, 0) is 31.4 Å². The summed E-state index contributed by atoms with van der Waals surface area (Å²) in [4.78, 5) is 18.7. The molecule has 1 saturated carbocycles. The zero-order chi connectivity index (χ0) is 13.2. The van der Waals surface area contributed by atoms with Crippen LogP contribution in [-0.4, -0.2) is 41.1 Å². The Kier molecular flexibility index (Phi) is 3.48. The van der Waals surface area contributed by atoms with Crippen molar-refractivity contribution in [2.45, 2.75) is 38.0 Å². The van der Waals surface area contributed by atoms with Crippen LogP contribution in [0.5, 0.6) is 0 Å². The normalized spacial score (nSPS) is 26.3. The first-order valence-corrected chi connectivity index (χ1v) is 6.87. The first-order valence-electron chi connectivity index (χ1n) is 6.87. The number of aromatic nitrogens is 1. The monoisotopic (exact) mass is 261 g/mol. The third-order valence-corrected chi connectivity index (χ3v) is 4.02. The van der Waals surface area contributed by atoms with Gasteiger partial charge in [-0.25, -0.2) is 0 Å². The van der Waals surface area contributed by atoms with E-state index in [1.165, 1.54) is 0 Å². The molecule has 3 rings (SSSR count). The maximum atomic E-state index is 12.6. The molecule has 0 spiro atoms. The van der Waals surface area contributed by atoms with E-state index in [9.17, 15) is 4.79 Å². The molecule has 2 atom stereocenters. The number of carbonyl (C=O) groups excluding carboxylic acids is 1. The van der Waals surface area contributed by atoms with Gasteiger partial charge in [0.15, 0.2) is 0 Å². The van der Waals surface area contributed by atoms with Gasteiger partial charge < -0.3 is 15.4 Å². The number of hydrogen-bond donors (Lipinski definition) is 1. The summed E-state index contributed by atoms with van der Waals surface area (Å²) in [6, 6.07) is 3.80. The lowest BCUT2D eigenvalue weighted by atomic mass is 10.1. The topological polar surface area (TPSA) is 68.5 Å². The number of hydrogen-bond acceptors (Lipinski definition) is 4. The molecule has 2 aliphatic rings. The Labute approximate surface area is 112 Å². The maximum Gasteiger partial charge on any atom is 0.254 e. The van der Waals surface area contributed by atoms with E-state index >= 15 is 0 Å². The van der Waals surface area contributed by atoms with Crippen molar-refractivity contribution < 1.29 is 9.53 Å². The number of pyridine rings is 1. The number of amides is 1. The second-order valence-corrected chi connectivity index (χ2v) is 5.15. The molecule has 0 bridgehead atoms. The number of morpholine rings is 1. The molecule has 1 amide bonds. The lowest BCUT2D eigenvalue weighted by Crippen LogP contribution is -2.51. The highest BCUT2D eigenvalue weighted by Crippen LogP contribution is 2.30. The van der Waals surface area contributed by atoms with Gasteiger partial charge in [0.05, 0.1) is 24.4 Å². The molecule has 1 aromatic heterocycles. The predicted molar refractivity (Wildman–Crippen MR) is 70.5 cm³/mol. The fourth-order valence-electron chi connectivity index (χ4n) is 3.07. The van der Waals surface area contributed by atoms with Crippen molar-refractivity contribution >= 4 is 5.91 Å². The van der Waals surface area contributed by atoms with E-state index in [1.807, 2.05) is 4.90 Å². The third-order valence-electron chi connectivity index (χ3n) is 4.02. The first-order chi connectivity index (χ1) is 9.29. The van der Waals surface area contributed by atoms with Crippen molar-refractivity contribution in [3.05, 3.63) is 29.6 Å². The van der Waals surface area contributed by atoms with Gasteiger partial charge >= 0.3 is 0 Å². The van der Waals surface area contributed by atoms with Gasteiger partial charge in [0.25, 0.3) is 5.91 Å². The number of ether oxygens (including phenoxy) is 1. The Morgan fingerprint density at radius 3 is 3.26 bits per heavy atom. The van der Waals surface area contributed by atoms with Crippen molar-refractivity contribution in [1.29, 1.82) is 0 Å².